The lowest BCUT2D eigenvalue weighted by atomic mass is 9.84. The molecular weight excluding hydrogens is 216 g/mol. The lowest BCUT2D eigenvalue weighted by Crippen LogP contribution is -2.52. The summed E-state index contributed by atoms with van der Waals surface area (Å²) in [7, 11) is 0. The molecule has 1 aliphatic heterocycles. The predicted octanol–water partition coefficient (Wildman–Crippen LogP) is 1.05. The maximum atomic E-state index is 12.3. The van der Waals surface area contributed by atoms with Crippen molar-refractivity contribution in [1.29, 1.82) is 0 Å². The Hall–Kier alpha value is -0.610. The predicted molar refractivity (Wildman–Crippen MR) is 66.5 cm³/mol. The Bertz CT molecular complexity index is 291. The van der Waals surface area contributed by atoms with Gasteiger partial charge >= 0.3 is 0 Å². The molecule has 0 aromatic carbocycles. The summed E-state index contributed by atoms with van der Waals surface area (Å²) >= 11 is 0. The van der Waals surface area contributed by atoms with Gasteiger partial charge in [0.2, 0.25) is 5.91 Å². The number of carbonyl (C=O) groups excluding carboxylic acids is 1. The van der Waals surface area contributed by atoms with Crippen molar-refractivity contribution in [3.05, 3.63) is 0 Å². The number of carbonyl (C=O) groups is 1. The molecular formula is C13H24N2O2. The second kappa shape index (κ2) is 4.94. The Kier molecular flexibility index (Phi) is 3.73. The molecule has 3 unspecified atom stereocenters. The zero-order valence-electron chi connectivity index (χ0n) is 10.9. The second-order valence-electron chi connectivity index (χ2n) is 5.80. The van der Waals surface area contributed by atoms with Gasteiger partial charge in [-0.1, -0.05) is 19.8 Å². The number of hydrogen-bond acceptors (Lipinski definition) is 3. The first-order chi connectivity index (χ1) is 8.06. The van der Waals surface area contributed by atoms with Gasteiger partial charge in [-0.2, -0.15) is 0 Å². The van der Waals surface area contributed by atoms with Gasteiger partial charge in [-0.15, -0.1) is 0 Å². The number of ether oxygens (including phenoxy) is 1. The molecule has 1 saturated heterocycles. The highest BCUT2D eigenvalue weighted by molar-refractivity contribution is 5.83. The fourth-order valence-corrected chi connectivity index (χ4v) is 2.36. The third-order valence-electron chi connectivity index (χ3n) is 4.18. The first kappa shape index (κ1) is 12.8. The molecule has 3 atom stereocenters. The van der Waals surface area contributed by atoms with Crippen molar-refractivity contribution in [2.24, 2.45) is 17.1 Å². The molecule has 0 spiro atoms. The minimum absolute atomic E-state index is 0.0648. The molecule has 2 aliphatic rings. The maximum absolute atomic E-state index is 12.3. The van der Waals surface area contributed by atoms with Crippen LogP contribution in [-0.4, -0.2) is 31.2 Å². The van der Waals surface area contributed by atoms with Crippen LogP contribution in [0.3, 0.4) is 0 Å². The van der Waals surface area contributed by atoms with Crippen LogP contribution < -0.4 is 11.1 Å². The van der Waals surface area contributed by atoms with Crippen LogP contribution >= 0.6 is 0 Å². The van der Waals surface area contributed by atoms with E-state index in [2.05, 4.69) is 12.2 Å². The van der Waals surface area contributed by atoms with E-state index in [1.54, 1.807) is 0 Å². The quantitative estimate of drug-likeness (QED) is 0.755. The third kappa shape index (κ3) is 2.80. The van der Waals surface area contributed by atoms with Crippen LogP contribution in [0.1, 0.15) is 39.5 Å². The smallest absolute Gasteiger partial charge is 0.230 e. The molecule has 0 aromatic rings. The Morgan fingerprint density at radius 2 is 2.29 bits per heavy atom. The van der Waals surface area contributed by atoms with Crippen molar-refractivity contribution in [1.82, 2.24) is 5.32 Å². The normalized spacial score (nSPS) is 34.6. The number of nitrogens with one attached hydrogen (secondary N) is 1. The van der Waals surface area contributed by atoms with Gasteiger partial charge in [0.15, 0.2) is 0 Å². The number of amides is 1. The van der Waals surface area contributed by atoms with Crippen LogP contribution in [0.4, 0.5) is 0 Å². The van der Waals surface area contributed by atoms with Crippen molar-refractivity contribution in [2.75, 3.05) is 13.2 Å². The molecule has 1 saturated carbocycles. The van der Waals surface area contributed by atoms with Crippen molar-refractivity contribution in [3.8, 4) is 0 Å². The van der Waals surface area contributed by atoms with E-state index in [0.717, 1.165) is 18.8 Å². The zero-order chi connectivity index (χ0) is 12.5. The van der Waals surface area contributed by atoms with Gasteiger partial charge in [0.25, 0.3) is 0 Å². The van der Waals surface area contributed by atoms with Gasteiger partial charge in [-0.05, 0) is 25.7 Å². The fraction of sp³-hybridized carbons (Fsp3) is 0.923. The molecule has 3 N–H and O–H groups in total. The molecule has 98 valence electrons. The van der Waals surface area contributed by atoms with Gasteiger partial charge in [-0.3, -0.25) is 4.79 Å². The average molecular weight is 240 g/mol. The van der Waals surface area contributed by atoms with Crippen molar-refractivity contribution in [3.63, 3.8) is 0 Å². The summed E-state index contributed by atoms with van der Waals surface area (Å²) in [5.74, 6) is 0.900. The van der Waals surface area contributed by atoms with Crippen LogP contribution in [0.15, 0.2) is 0 Å². The van der Waals surface area contributed by atoms with Crippen LogP contribution in [0.2, 0.25) is 0 Å². The van der Waals surface area contributed by atoms with Gasteiger partial charge in [0.1, 0.15) is 0 Å². The highest BCUT2D eigenvalue weighted by Gasteiger charge is 2.44. The summed E-state index contributed by atoms with van der Waals surface area (Å²) in [5.41, 5.74) is 5.41. The second-order valence-corrected chi connectivity index (χ2v) is 5.80. The minimum atomic E-state index is -0.545. The molecule has 1 aliphatic carbocycles. The fourth-order valence-electron chi connectivity index (χ4n) is 2.36. The summed E-state index contributed by atoms with van der Waals surface area (Å²) < 4.78 is 5.32. The SMILES string of the molecule is CCC(CC1CC1)NC(=O)C1(C)COCC1N. The van der Waals surface area contributed by atoms with Crippen LogP contribution in [0.5, 0.6) is 0 Å². The van der Waals surface area contributed by atoms with Gasteiger partial charge in [0, 0.05) is 12.1 Å². The molecule has 1 heterocycles. The van der Waals surface area contributed by atoms with Crippen LogP contribution in [0.25, 0.3) is 0 Å². The summed E-state index contributed by atoms with van der Waals surface area (Å²) in [6, 6.07) is 0.126. The van der Waals surface area contributed by atoms with Crippen LogP contribution in [-0.2, 0) is 9.53 Å². The molecule has 4 heteroatoms. The Morgan fingerprint density at radius 1 is 1.59 bits per heavy atom. The molecule has 1 amide bonds. The van der Waals surface area contributed by atoms with E-state index >= 15 is 0 Å². The topological polar surface area (TPSA) is 64.3 Å². The van der Waals surface area contributed by atoms with E-state index in [-0.39, 0.29) is 11.9 Å². The van der Waals surface area contributed by atoms with E-state index in [1.165, 1.54) is 12.8 Å². The van der Waals surface area contributed by atoms with Crippen molar-refractivity contribution in [2.45, 2.75) is 51.6 Å². The summed E-state index contributed by atoms with van der Waals surface area (Å²) in [6.07, 6.45) is 4.77. The Morgan fingerprint density at radius 3 is 2.76 bits per heavy atom. The van der Waals surface area contributed by atoms with Crippen molar-refractivity contribution >= 4 is 5.91 Å². The molecule has 2 fully saturated rings. The highest BCUT2D eigenvalue weighted by atomic mass is 16.5. The average Bonchev–Trinajstić information content (AvgIpc) is 3.05. The van der Waals surface area contributed by atoms with E-state index in [4.69, 9.17) is 10.5 Å². The Labute approximate surface area is 103 Å². The largest absolute Gasteiger partial charge is 0.379 e. The maximum Gasteiger partial charge on any atom is 0.230 e. The van der Waals surface area contributed by atoms with Crippen LogP contribution in [0, 0.1) is 11.3 Å². The minimum Gasteiger partial charge on any atom is -0.379 e. The summed E-state index contributed by atoms with van der Waals surface area (Å²) in [5, 5.41) is 3.15. The number of hydrogen-bond donors (Lipinski definition) is 2. The monoisotopic (exact) mass is 240 g/mol. The third-order valence-corrected chi connectivity index (χ3v) is 4.18. The lowest BCUT2D eigenvalue weighted by molar-refractivity contribution is -0.131. The van der Waals surface area contributed by atoms with Gasteiger partial charge in [-0.25, -0.2) is 0 Å². The first-order valence-corrected chi connectivity index (χ1v) is 6.70. The molecule has 17 heavy (non-hydrogen) atoms. The number of rotatable bonds is 5. The Balaban J connectivity index is 1.89. The van der Waals surface area contributed by atoms with E-state index in [9.17, 15) is 4.79 Å². The standard InChI is InChI=1S/C13H24N2O2/c1-3-10(6-9-4-5-9)15-12(16)13(2)8-17-7-11(13)14/h9-11H,3-8,14H2,1-2H3,(H,15,16). The number of nitrogens with two attached hydrogens (primary N) is 1. The molecule has 4 nitrogen and oxygen atoms in total. The van der Waals surface area contributed by atoms with E-state index in [0.29, 0.717) is 19.3 Å². The first-order valence-electron chi connectivity index (χ1n) is 6.70. The van der Waals surface area contributed by atoms with E-state index < -0.39 is 5.41 Å². The van der Waals surface area contributed by atoms with E-state index in [1.807, 2.05) is 6.92 Å². The summed E-state index contributed by atoms with van der Waals surface area (Å²) in [4.78, 5) is 12.3. The molecule has 0 radical (unpaired) electrons. The van der Waals surface area contributed by atoms with Crippen molar-refractivity contribution < 1.29 is 9.53 Å². The van der Waals surface area contributed by atoms with Gasteiger partial charge < -0.3 is 15.8 Å². The zero-order valence-corrected chi connectivity index (χ0v) is 10.9. The van der Waals surface area contributed by atoms with Gasteiger partial charge in [0.05, 0.1) is 18.6 Å². The molecule has 2 rings (SSSR count). The highest BCUT2D eigenvalue weighted by Crippen LogP contribution is 2.34. The lowest BCUT2D eigenvalue weighted by Gasteiger charge is -2.28. The molecule has 0 aromatic heterocycles. The molecule has 0 bridgehead atoms. The summed E-state index contributed by atoms with van der Waals surface area (Å²) in [6.45, 7) is 4.97.